The van der Waals surface area contributed by atoms with E-state index in [1.807, 2.05) is 0 Å². The maximum absolute atomic E-state index is 5.28. The highest BCUT2D eigenvalue weighted by molar-refractivity contribution is 5.52. The molecule has 0 aromatic heterocycles. The van der Waals surface area contributed by atoms with Crippen LogP contribution < -0.4 is 5.32 Å². The van der Waals surface area contributed by atoms with Crippen LogP contribution in [-0.4, -0.2) is 7.11 Å². The number of ether oxygens (including phenoxy) is 1. The van der Waals surface area contributed by atoms with Gasteiger partial charge in [0.05, 0.1) is 6.61 Å². The first-order chi connectivity index (χ1) is 10.3. The molecule has 2 heteroatoms. The third-order valence-electron chi connectivity index (χ3n) is 4.31. The summed E-state index contributed by atoms with van der Waals surface area (Å²) in [7, 11) is 1.74. The molecule has 21 heavy (non-hydrogen) atoms. The Morgan fingerprint density at radius 2 is 1.90 bits per heavy atom. The largest absolute Gasteiger partial charge is 0.380 e. The van der Waals surface area contributed by atoms with E-state index in [2.05, 4.69) is 54.7 Å². The van der Waals surface area contributed by atoms with Crippen LogP contribution in [0.1, 0.15) is 41.6 Å². The zero-order chi connectivity index (χ0) is 14.7. The van der Waals surface area contributed by atoms with Crippen molar-refractivity contribution in [2.75, 3.05) is 12.4 Å². The number of nitrogens with one attached hydrogen (secondary N) is 1. The van der Waals surface area contributed by atoms with E-state index in [0.717, 1.165) is 5.69 Å². The number of hydrogen-bond acceptors (Lipinski definition) is 2. The van der Waals surface area contributed by atoms with Crippen LogP contribution in [0, 0.1) is 0 Å². The van der Waals surface area contributed by atoms with Gasteiger partial charge in [0.25, 0.3) is 0 Å². The molecule has 0 fully saturated rings. The summed E-state index contributed by atoms with van der Waals surface area (Å²) in [6, 6.07) is 15.6. The summed E-state index contributed by atoms with van der Waals surface area (Å²) in [4.78, 5) is 0. The van der Waals surface area contributed by atoms with Crippen molar-refractivity contribution in [1.29, 1.82) is 0 Å². The lowest BCUT2D eigenvalue weighted by Gasteiger charge is -2.19. The van der Waals surface area contributed by atoms with Crippen LogP contribution in [0.4, 0.5) is 5.69 Å². The van der Waals surface area contributed by atoms with Gasteiger partial charge in [-0.15, -0.1) is 0 Å². The van der Waals surface area contributed by atoms with Crippen LogP contribution in [0.25, 0.3) is 0 Å². The Labute approximate surface area is 127 Å². The molecule has 0 heterocycles. The van der Waals surface area contributed by atoms with E-state index in [0.29, 0.717) is 12.6 Å². The summed E-state index contributed by atoms with van der Waals surface area (Å²) in [6.07, 6.45) is 3.78. The topological polar surface area (TPSA) is 21.3 Å². The van der Waals surface area contributed by atoms with Gasteiger partial charge in [-0.2, -0.15) is 0 Å². The van der Waals surface area contributed by atoms with E-state index in [9.17, 15) is 0 Å². The van der Waals surface area contributed by atoms with Crippen molar-refractivity contribution in [1.82, 2.24) is 0 Å². The molecule has 0 aliphatic heterocycles. The Morgan fingerprint density at radius 3 is 2.76 bits per heavy atom. The SMILES string of the molecule is COCc1ccccc1NC(C)c1ccc2c(c1)CCC2. The summed E-state index contributed by atoms with van der Waals surface area (Å²) < 4.78 is 5.28. The van der Waals surface area contributed by atoms with Crippen LogP contribution in [0.15, 0.2) is 42.5 Å². The number of fused-ring (bicyclic) bond motifs is 1. The molecule has 1 atom stereocenters. The normalized spacial score (nSPS) is 14.8. The van der Waals surface area contributed by atoms with Crippen molar-refractivity contribution in [2.45, 2.75) is 38.8 Å². The number of hydrogen-bond donors (Lipinski definition) is 1. The maximum atomic E-state index is 5.28. The average molecular weight is 281 g/mol. The van der Waals surface area contributed by atoms with Crippen molar-refractivity contribution >= 4 is 5.69 Å². The van der Waals surface area contributed by atoms with Gasteiger partial charge in [-0.1, -0.05) is 36.4 Å². The second kappa shape index (κ2) is 6.31. The lowest BCUT2D eigenvalue weighted by atomic mass is 10.0. The number of anilines is 1. The lowest BCUT2D eigenvalue weighted by molar-refractivity contribution is 0.185. The minimum atomic E-state index is 0.300. The molecule has 1 aliphatic rings. The maximum Gasteiger partial charge on any atom is 0.0733 e. The summed E-state index contributed by atoms with van der Waals surface area (Å²) in [5, 5.41) is 3.62. The van der Waals surface area contributed by atoms with Crippen molar-refractivity contribution in [3.05, 3.63) is 64.7 Å². The van der Waals surface area contributed by atoms with Gasteiger partial charge in [-0.05, 0) is 48.9 Å². The number of benzene rings is 2. The highest BCUT2D eigenvalue weighted by atomic mass is 16.5. The van der Waals surface area contributed by atoms with Gasteiger partial charge in [0.1, 0.15) is 0 Å². The highest BCUT2D eigenvalue weighted by Crippen LogP contribution is 2.28. The summed E-state index contributed by atoms with van der Waals surface area (Å²) >= 11 is 0. The Kier molecular flexibility index (Phi) is 4.26. The number of aryl methyl sites for hydroxylation is 2. The predicted octanol–water partition coefficient (Wildman–Crippen LogP) is 4.49. The van der Waals surface area contributed by atoms with E-state index in [-0.39, 0.29) is 0 Å². The Hall–Kier alpha value is -1.80. The first kappa shape index (κ1) is 14.2. The third kappa shape index (κ3) is 3.11. The highest BCUT2D eigenvalue weighted by Gasteiger charge is 2.14. The molecule has 0 radical (unpaired) electrons. The number of methoxy groups -OCH3 is 1. The zero-order valence-corrected chi connectivity index (χ0v) is 12.9. The fourth-order valence-corrected chi connectivity index (χ4v) is 3.12. The molecule has 1 N–H and O–H groups in total. The van der Waals surface area contributed by atoms with Crippen molar-refractivity contribution < 1.29 is 4.74 Å². The molecule has 2 aromatic rings. The molecule has 0 bridgehead atoms. The van der Waals surface area contributed by atoms with Crippen molar-refractivity contribution in [3.63, 3.8) is 0 Å². The van der Waals surface area contributed by atoms with E-state index in [1.165, 1.54) is 41.5 Å². The van der Waals surface area contributed by atoms with Gasteiger partial charge < -0.3 is 10.1 Å². The van der Waals surface area contributed by atoms with Gasteiger partial charge in [-0.25, -0.2) is 0 Å². The van der Waals surface area contributed by atoms with Crippen LogP contribution in [0.5, 0.6) is 0 Å². The van der Waals surface area contributed by atoms with Gasteiger partial charge in [0, 0.05) is 24.4 Å². The first-order valence-electron chi connectivity index (χ1n) is 7.73. The molecule has 0 spiro atoms. The van der Waals surface area contributed by atoms with Gasteiger partial charge >= 0.3 is 0 Å². The predicted molar refractivity (Wildman–Crippen MR) is 87.7 cm³/mol. The quantitative estimate of drug-likeness (QED) is 0.871. The molecule has 2 aromatic carbocycles. The lowest BCUT2D eigenvalue weighted by Crippen LogP contribution is -2.09. The molecule has 1 unspecified atom stereocenters. The smallest absolute Gasteiger partial charge is 0.0733 e. The van der Waals surface area contributed by atoms with Gasteiger partial charge in [0.15, 0.2) is 0 Å². The van der Waals surface area contributed by atoms with E-state index < -0.39 is 0 Å². The minimum Gasteiger partial charge on any atom is -0.380 e. The van der Waals surface area contributed by atoms with Crippen LogP contribution in [-0.2, 0) is 24.2 Å². The van der Waals surface area contributed by atoms with Gasteiger partial charge in [0.2, 0.25) is 0 Å². The summed E-state index contributed by atoms with van der Waals surface area (Å²) in [5.74, 6) is 0. The Bertz CT molecular complexity index is 621. The zero-order valence-electron chi connectivity index (χ0n) is 12.9. The number of para-hydroxylation sites is 1. The summed E-state index contributed by atoms with van der Waals surface area (Å²) in [6.45, 7) is 2.86. The standard InChI is InChI=1S/C19H23NO/c1-14(16-11-10-15-7-5-8-17(15)12-16)20-19-9-4-3-6-18(19)13-21-2/h3-4,6,9-12,14,20H,5,7-8,13H2,1-2H3. The van der Waals surface area contributed by atoms with Gasteiger partial charge in [-0.3, -0.25) is 0 Å². The molecule has 1 aliphatic carbocycles. The van der Waals surface area contributed by atoms with E-state index in [1.54, 1.807) is 7.11 Å². The molecular formula is C19H23NO. The van der Waals surface area contributed by atoms with Crippen molar-refractivity contribution in [3.8, 4) is 0 Å². The first-order valence-corrected chi connectivity index (χ1v) is 7.73. The number of rotatable bonds is 5. The van der Waals surface area contributed by atoms with Crippen molar-refractivity contribution in [2.24, 2.45) is 0 Å². The van der Waals surface area contributed by atoms with Crippen LogP contribution >= 0.6 is 0 Å². The monoisotopic (exact) mass is 281 g/mol. The fraction of sp³-hybridized carbons (Fsp3) is 0.368. The Balaban J connectivity index is 1.78. The van der Waals surface area contributed by atoms with E-state index in [4.69, 9.17) is 4.74 Å². The summed E-state index contributed by atoms with van der Waals surface area (Å²) in [5.41, 5.74) is 6.79. The second-order valence-electron chi connectivity index (χ2n) is 5.84. The molecule has 0 saturated heterocycles. The fourth-order valence-electron chi connectivity index (χ4n) is 3.12. The molecule has 0 amide bonds. The molecular weight excluding hydrogens is 258 g/mol. The molecule has 110 valence electrons. The van der Waals surface area contributed by atoms with Crippen LogP contribution in [0.3, 0.4) is 0 Å². The van der Waals surface area contributed by atoms with Crippen LogP contribution in [0.2, 0.25) is 0 Å². The average Bonchev–Trinajstić information content (AvgIpc) is 2.97. The third-order valence-corrected chi connectivity index (χ3v) is 4.31. The van der Waals surface area contributed by atoms with E-state index >= 15 is 0 Å². The Morgan fingerprint density at radius 1 is 1.10 bits per heavy atom. The molecule has 2 nitrogen and oxygen atoms in total. The second-order valence-corrected chi connectivity index (χ2v) is 5.84. The molecule has 0 saturated carbocycles. The minimum absolute atomic E-state index is 0.300. The molecule has 3 rings (SSSR count).